The van der Waals surface area contributed by atoms with E-state index in [9.17, 15) is 9.59 Å². The Balaban J connectivity index is 2.74. The van der Waals surface area contributed by atoms with Crippen molar-refractivity contribution in [3.63, 3.8) is 0 Å². The van der Waals surface area contributed by atoms with E-state index in [1.165, 1.54) is 0 Å². The number of nitrogens with one attached hydrogen (secondary N) is 3. The van der Waals surface area contributed by atoms with E-state index in [1.54, 1.807) is 6.92 Å². The molecule has 1 heterocycles. The number of H-pyrrole nitrogens is 1. The third kappa shape index (κ3) is 7.25. The van der Waals surface area contributed by atoms with Crippen LogP contribution < -0.4 is 16.2 Å². The van der Waals surface area contributed by atoms with Crippen molar-refractivity contribution in [1.82, 2.24) is 20.6 Å². The molecule has 0 aliphatic rings. The van der Waals surface area contributed by atoms with Crippen molar-refractivity contribution in [3.8, 4) is 0 Å². The zero-order chi connectivity index (χ0) is 19.2. The highest BCUT2D eigenvalue weighted by Gasteiger charge is 2.20. The SMILES string of the molecule is CCCC(CNC(=O)OC(C)(C)C)NC(C)c1c(C)nc(C)[nH]c1=O. The first kappa shape index (κ1) is 21.2. The third-order valence-electron chi connectivity index (χ3n) is 3.71. The quantitative estimate of drug-likeness (QED) is 0.701. The van der Waals surface area contributed by atoms with Crippen molar-refractivity contribution in [2.24, 2.45) is 0 Å². The molecule has 1 amide bonds. The van der Waals surface area contributed by atoms with Gasteiger partial charge in [-0.25, -0.2) is 9.78 Å². The molecule has 0 radical (unpaired) electrons. The van der Waals surface area contributed by atoms with Gasteiger partial charge in [0.2, 0.25) is 0 Å². The van der Waals surface area contributed by atoms with Crippen molar-refractivity contribution in [1.29, 1.82) is 0 Å². The fourth-order valence-electron chi connectivity index (χ4n) is 2.80. The average molecular weight is 352 g/mol. The molecule has 0 fully saturated rings. The van der Waals surface area contributed by atoms with Crippen molar-refractivity contribution >= 4 is 6.09 Å². The Morgan fingerprint density at radius 3 is 2.48 bits per heavy atom. The second-order valence-electron chi connectivity index (χ2n) is 7.41. The van der Waals surface area contributed by atoms with Crippen LogP contribution in [0.5, 0.6) is 0 Å². The van der Waals surface area contributed by atoms with E-state index in [4.69, 9.17) is 4.74 Å². The molecule has 1 aromatic rings. The van der Waals surface area contributed by atoms with E-state index in [0.29, 0.717) is 17.9 Å². The number of aromatic nitrogens is 2. The van der Waals surface area contributed by atoms with Gasteiger partial charge in [-0.15, -0.1) is 0 Å². The Hall–Kier alpha value is -1.89. The van der Waals surface area contributed by atoms with Gasteiger partial charge in [0, 0.05) is 24.3 Å². The van der Waals surface area contributed by atoms with Crippen LogP contribution >= 0.6 is 0 Å². The molecule has 0 aliphatic carbocycles. The summed E-state index contributed by atoms with van der Waals surface area (Å²) in [6.45, 7) is 13.5. The number of rotatable bonds is 7. The van der Waals surface area contributed by atoms with Gasteiger partial charge in [-0.1, -0.05) is 13.3 Å². The number of alkyl carbamates (subject to hydrolysis) is 1. The first-order valence-corrected chi connectivity index (χ1v) is 8.83. The lowest BCUT2D eigenvalue weighted by molar-refractivity contribution is 0.0521. The van der Waals surface area contributed by atoms with Gasteiger partial charge in [-0.05, 0) is 48.0 Å². The number of hydrogen-bond donors (Lipinski definition) is 3. The number of aryl methyl sites for hydroxylation is 2. The normalized spacial score (nSPS) is 14.0. The number of ether oxygens (including phenoxy) is 1. The van der Waals surface area contributed by atoms with E-state index < -0.39 is 11.7 Å². The average Bonchev–Trinajstić information content (AvgIpc) is 2.42. The molecule has 1 aromatic heterocycles. The van der Waals surface area contributed by atoms with Gasteiger partial charge in [0.15, 0.2) is 0 Å². The number of carbonyl (C=O) groups is 1. The maximum absolute atomic E-state index is 12.2. The molecule has 1 rings (SSSR count). The second kappa shape index (κ2) is 8.99. The lowest BCUT2D eigenvalue weighted by atomic mass is 10.1. The van der Waals surface area contributed by atoms with E-state index in [1.807, 2.05) is 34.6 Å². The molecule has 0 aromatic carbocycles. The smallest absolute Gasteiger partial charge is 0.407 e. The Bertz CT molecular complexity index is 634. The topological polar surface area (TPSA) is 96.1 Å². The molecule has 0 aliphatic heterocycles. The van der Waals surface area contributed by atoms with Crippen LogP contribution in [0.2, 0.25) is 0 Å². The molecule has 3 N–H and O–H groups in total. The zero-order valence-corrected chi connectivity index (χ0v) is 16.4. The maximum atomic E-state index is 12.2. The van der Waals surface area contributed by atoms with Crippen LogP contribution in [0.4, 0.5) is 4.79 Å². The first-order chi connectivity index (χ1) is 11.5. The Kier molecular flexibility index (Phi) is 7.60. The molecule has 7 heteroatoms. The second-order valence-corrected chi connectivity index (χ2v) is 7.41. The Morgan fingerprint density at radius 1 is 1.32 bits per heavy atom. The van der Waals surface area contributed by atoms with Crippen LogP contribution in [0, 0.1) is 13.8 Å². The lowest BCUT2D eigenvalue weighted by Gasteiger charge is -2.25. The number of amides is 1. The number of hydrogen-bond acceptors (Lipinski definition) is 5. The fraction of sp³-hybridized carbons (Fsp3) is 0.722. The summed E-state index contributed by atoms with van der Waals surface area (Å²) in [5, 5.41) is 6.22. The Labute approximate surface area is 150 Å². The van der Waals surface area contributed by atoms with Gasteiger partial charge in [0.1, 0.15) is 11.4 Å². The number of aromatic amines is 1. The molecular weight excluding hydrogens is 320 g/mol. The van der Waals surface area contributed by atoms with Crippen molar-refractivity contribution < 1.29 is 9.53 Å². The van der Waals surface area contributed by atoms with Gasteiger partial charge in [-0.3, -0.25) is 4.79 Å². The molecule has 0 spiro atoms. The standard InChI is InChI=1S/C18H32N4O3/c1-8-9-14(10-19-17(24)25-18(5,6)7)21-12(3)15-11(2)20-13(4)22-16(15)23/h12,14,21H,8-10H2,1-7H3,(H,19,24)(H,20,22,23). The van der Waals surface area contributed by atoms with Gasteiger partial charge in [0.05, 0.1) is 5.56 Å². The van der Waals surface area contributed by atoms with Gasteiger partial charge in [-0.2, -0.15) is 0 Å². The van der Waals surface area contributed by atoms with Gasteiger partial charge in [0.25, 0.3) is 5.56 Å². The van der Waals surface area contributed by atoms with Crippen LogP contribution in [0.1, 0.15) is 70.6 Å². The lowest BCUT2D eigenvalue weighted by Crippen LogP contribution is -2.44. The van der Waals surface area contributed by atoms with Crippen LogP contribution in [0.15, 0.2) is 4.79 Å². The molecule has 2 unspecified atom stereocenters. The van der Waals surface area contributed by atoms with Crippen molar-refractivity contribution in [2.45, 2.75) is 79.0 Å². The molecule has 2 atom stereocenters. The molecular formula is C18H32N4O3. The number of carbonyl (C=O) groups excluding carboxylic acids is 1. The van der Waals surface area contributed by atoms with Gasteiger partial charge < -0.3 is 20.4 Å². The van der Waals surface area contributed by atoms with Crippen LogP contribution in [-0.4, -0.2) is 34.2 Å². The minimum Gasteiger partial charge on any atom is -0.444 e. The third-order valence-corrected chi connectivity index (χ3v) is 3.71. The minimum atomic E-state index is -0.525. The maximum Gasteiger partial charge on any atom is 0.407 e. The van der Waals surface area contributed by atoms with Crippen molar-refractivity contribution in [3.05, 3.63) is 27.4 Å². The monoisotopic (exact) mass is 352 g/mol. The summed E-state index contributed by atoms with van der Waals surface area (Å²) >= 11 is 0. The van der Waals surface area contributed by atoms with E-state index in [0.717, 1.165) is 18.5 Å². The molecule has 7 nitrogen and oxygen atoms in total. The summed E-state index contributed by atoms with van der Waals surface area (Å²) in [6, 6.07) is -0.138. The van der Waals surface area contributed by atoms with E-state index in [2.05, 4.69) is 27.5 Å². The first-order valence-electron chi connectivity index (χ1n) is 8.83. The predicted octanol–water partition coefficient (Wildman–Crippen LogP) is 2.73. The summed E-state index contributed by atoms with van der Waals surface area (Å²) in [5.41, 5.74) is 0.698. The highest BCUT2D eigenvalue weighted by molar-refractivity contribution is 5.67. The molecule has 0 saturated carbocycles. The van der Waals surface area contributed by atoms with Gasteiger partial charge >= 0.3 is 6.09 Å². The zero-order valence-electron chi connectivity index (χ0n) is 16.4. The summed E-state index contributed by atoms with van der Waals surface area (Å²) in [7, 11) is 0. The molecule has 25 heavy (non-hydrogen) atoms. The Morgan fingerprint density at radius 2 is 1.96 bits per heavy atom. The summed E-state index contributed by atoms with van der Waals surface area (Å²) in [4.78, 5) is 31.2. The molecule has 0 saturated heterocycles. The highest BCUT2D eigenvalue weighted by atomic mass is 16.6. The fourth-order valence-corrected chi connectivity index (χ4v) is 2.80. The highest BCUT2D eigenvalue weighted by Crippen LogP contribution is 2.13. The van der Waals surface area contributed by atoms with Crippen molar-refractivity contribution in [2.75, 3.05) is 6.54 Å². The minimum absolute atomic E-state index is 0.0348. The van der Waals surface area contributed by atoms with Crippen LogP contribution in [0.25, 0.3) is 0 Å². The summed E-state index contributed by atoms with van der Waals surface area (Å²) in [5.74, 6) is 0.607. The van der Waals surface area contributed by atoms with E-state index in [-0.39, 0.29) is 17.6 Å². The van der Waals surface area contributed by atoms with E-state index >= 15 is 0 Å². The van der Waals surface area contributed by atoms with Crippen LogP contribution in [0.3, 0.4) is 0 Å². The molecule has 0 bridgehead atoms. The molecule has 142 valence electrons. The van der Waals surface area contributed by atoms with Crippen LogP contribution in [-0.2, 0) is 4.74 Å². The summed E-state index contributed by atoms with van der Waals surface area (Å²) in [6.07, 6.45) is 1.40. The number of nitrogens with zero attached hydrogens (tertiary/aromatic N) is 1. The summed E-state index contributed by atoms with van der Waals surface area (Å²) < 4.78 is 5.26. The predicted molar refractivity (Wildman–Crippen MR) is 98.8 cm³/mol. The largest absolute Gasteiger partial charge is 0.444 e.